The van der Waals surface area contributed by atoms with Crippen molar-refractivity contribution in [1.82, 2.24) is 0 Å². The van der Waals surface area contributed by atoms with Crippen molar-refractivity contribution in [3.05, 3.63) is 0 Å². The summed E-state index contributed by atoms with van der Waals surface area (Å²) in [6.45, 7) is 1.88. The molecule has 66 valence electrons. The maximum absolute atomic E-state index is 10.2. The van der Waals surface area contributed by atoms with Gasteiger partial charge in [-0.05, 0) is 12.8 Å². The average Bonchev–Trinajstić information content (AvgIpc) is 1.97. The van der Waals surface area contributed by atoms with Crippen molar-refractivity contribution in [3.63, 3.8) is 0 Å². The van der Waals surface area contributed by atoms with Crippen molar-refractivity contribution in [3.8, 4) is 0 Å². The maximum Gasteiger partial charge on any atom is 0.404 e. The minimum absolute atomic E-state index is 0.150. The lowest BCUT2D eigenvalue weighted by atomic mass is 10.2. The Kier molecular flexibility index (Phi) is 5.56. The molecule has 4 nitrogen and oxygen atoms in total. The second-order valence-electron chi connectivity index (χ2n) is 2.38. The number of ether oxygens (including phenoxy) is 1. The Morgan fingerprint density at radius 2 is 2.36 bits per heavy atom. The molecule has 3 N–H and O–H groups in total. The van der Waals surface area contributed by atoms with Crippen LogP contribution in [0.4, 0.5) is 4.79 Å². The van der Waals surface area contributed by atoms with E-state index in [4.69, 9.17) is 10.8 Å². The van der Waals surface area contributed by atoms with Crippen LogP contribution in [0, 0.1) is 0 Å². The molecule has 1 unspecified atom stereocenters. The number of aliphatic hydroxyl groups excluding tert-OH is 1. The summed E-state index contributed by atoms with van der Waals surface area (Å²) in [5.74, 6) is 0. The van der Waals surface area contributed by atoms with Gasteiger partial charge in [0.25, 0.3) is 0 Å². The molecule has 0 bridgehead atoms. The molecule has 0 saturated carbocycles. The maximum atomic E-state index is 10.2. The molecule has 0 fully saturated rings. The second-order valence-corrected chi connectivity index (χ2v) is 2.38. The van der Waals surface area contributed by atoms with Gasteiger partial charge in [0.1, 0.15) is 6.10 Å². The lowest BCUT2D eigenvalue weighted by Gasteiger charge is -2.12. The Labute approximate surface area is 66.3 Å². The molecule has 0 aromatic heterocycles. The molecule has 0 aliphatic heterocycles. The molecule has 11 heavy (non-hydrogen) atoms. The molecule has 0 aromatic carbocycles. The second kappa shape index (κ2) is 5.97. The summed E-state index contributed by atoms with van der Waals surface area (Å²) >= 11 is 0. The smallest absolute Gasteiger partial charge is 0.404 e. The fourth-order valence-corrected chi connectivity index (χ4v) is 0.784. The van der Waals surface area contributed by atoms with Gasteiger partial charge in [-0.25, -0.2) is 4.79 Å². The zero-order chi connectivity index (χ0) is 8.69. The van der Waals surface area contributed by atoms with Gasteiger partial charge in [-0.2, -0.15) is 0 Å². The normalized spacial score (nSPS) is 12.5. The molecular formula is C7H15NO3. The van der Waals surface area contributed by atoms with Crippen molar-refractivity contribution in [2.24, 2.45) is 5.73 Å². The highest BCUT2D eigenvalue weighted by Gasteiger charge is 2.09. The van der Waals surface area contributed by atoms with Crippen molar-refractivity contribution in [1.29, 1.82) is 0 Å². The molecule has 0 rings (SSSR count). The Balaban J connectivity index is 3.49. The van der Waals surface area contributed by atoms with Gasteiger partial charge in [0.2, 0.25) is 0 Å². The van der Waals surface area contributed by atoms with Crippen molar-refractivity contribution in [2.75, 3.05) is 6.61 Å². The number of amides is 1. The molecule has 0 aliphatic carbocycles. The fraction of sp³-hybridized carbons (Fsp3) is 0.857. The largest absolute Gasteiger partial charge is 0.444 e. The van der Waals surface area contributed by atoms with Crippen molar-refractivity contribution < 1.29 is 14.6 Å². The zero-order valence-corrected chi connectivity index (χ0v) is 6.75. The van der Waals surface area contributed by atoms with E-state index in [2.05, 4.69) is 4.74 Å². The van der Waals surface area contributed by atoms with Gasteiger partial charge in [0, 0.05) is 0 Å². The molecule has 0 aliphatic rings. The lowest BCUT2D eigenvalue weighted by Crippen LogP contribution is -2.25. The summed E-state index contributed by atoms with van der Waals surface area (Å²) in [6.07, 6.45) is 1.38. The highest BCUT2D eigenvalue weighted by Crippen LogP contribution is 2.03. The number of hydrogen-bond acceptors (Lipinski definition) is 3. The van der Waals surface area contributed by atoms with Crippen LogP contribution in [0.15, 0.2) is 0 Å². The van der Waals surface area contributed by atoms with Crippen molar-refractivity contribution >= 4 is 6.09 Å². The number of nitrogens with two attached hydrogens (primary N) is 1. The molecule has 0 spiro atoms. The van der Waals surface area contributed by atoms with Crippen LogP contribution in [0.1, 0.15) is 26.2 Å². The zero-order valence-electron chi connectivity index (χ0n) is 6.75. The van der Waals surface area contributed by atoms with E-state index >= 15 is 0 Å². The number of aliphatic hydroxyl groups is 1. The van der Waals surface area contributed by atoms with E-state index in [1.54, 1.807) is 0 Å². The number of unbranched alkanes of at least 4 members (excludes halogenated alkanes) is 1. The molecule has 0 saturated heterocycles. The standard InChI is InChI=1S/C7H15NO3/c1-2-3-4-6(5-9)11-7(8)10/h6,9H,2-5H2,1H3,(H2,8,10). The summed E-state index contributed by atoms with van der Waals surface area (Å²) in [7, 11) is 0. The van der Waals surface area contributed by atoms with Crippen LogP contribution in [0.2, 0.25) is 0 Å². The summed E-state index contributed by atoms with van der Waals surface area (Å²) in [6, 6.07) is 0. The first kappa shape index (κ1) is 10.2. The first-order valence-electron chi connectivity index (χ1n) is 3.77. The minimum Gasteiger partial charge on any atom is -0.444 e. The molecule has 0 radical (unpaired) electrons. The lowest BCUT2D eigenvalue weighted by molar-refractivity contribution is 0.0573. The van der Waals surface area contributed by atoms with E-state index < -0.39 is 12.2 Å². The van der Waals surface area contributed by atoms with Crippen LogP contribution in [-0.2, 0) is 4.74 Å². The highest BCUT2D eigenvalue weighted by molar-refractivity contribution is 5.64. The van der Waals surface area contributed by atoms with Gasteiger partial charge in [0.05, 0.1) is 6.61 Å². The van der Waals surface area contributed by atoms with Crippen LogP contribution in [0.3, 0.4) is 0 Å². The summed E-state index contributed by atoms with van der Waals surface area (Å²) in [4.78, 5) is 10.2. The quantitative estimate of drug-likeness (QED) is 0.621. The first-order chi connectivity index (χ1) is 5.20. The van der Waals surface area contributed by atoms with Crippen LogP contribution < -0.4 is 5.73 Å². The Morgan fingerprint density at radius 3 is 2.73 bits per heavy atom. The summed E-state index contributed by atoms with van der Waals surface area (Å²) < 4.78 is 4.59. The van der Waals surface area contributed by atoms with Gasteiger partial charge >= 0.3 is 6.09 Å². The monoisotopic (exact) mass is 161 g/mol. The topological polar surface area (TPSA) is 72.6 Å². The van der Waals surface area contributed by atoms with Crippen molar-refractivity contribution in [2.45, 2.75) is 32.3 Å². The van der Waals surface area contributed by atoms with Crippen LogP contribution in [0.5, 0.6) is 0 Å². The molecule has 1 atom stereocenters. The SMILES string of the molecule is CCCCC(CO)OC(N)=O. The first-order valence-corrected chi connectivity index (χ1v) is 3.77. The number of hydrogen-bond donors (Lipinski definition) is 2. The van der Waals surface area contributed by atoms with E-state index in [-0.39, 0.29) is 6.61 Å². The Morgan fingerprint density at radius 1 is 1.73 bits per heavy atom. The van der Waals surface area contributed by atoms with Gasteiger partial charge in [-0.1, -0.05) is 13.3 Å². The number of primary amides is 1. The average molecular weight is 161 g/mol. The molecular weight excluding hydrogens is 146 g/mol. The van der Waals surface area contributed by atoms with E-state index in [9.17, 15) is 4.79 Å². The third-order valence-corrected chi connectivity index (χ3v) is 1.37. The van der Waals surface area contributed by atoms with E-state index in [1.165, 1.54) is 0 Å². The van der Waals surface area contributed by atoms with E-state index in [0.29, 0.717) is 6.42 Å². The predicted octanol–water partition coefficient (Wildman–Crippen LogP) is 0.633. The molecule has 0 heterocycles. The summed E-state index contributed by atoms with van der Waals surface area (Å²) in [5.41, 5.74) is 4.77. The number of carbonyl (C=O) groups is 1. The fourth-order valence-electron chi connectivity index (χ4n) is 0.784. The van der Waals surface area contributed by atoms with Gasteiger partial charge in [-0.3, -0.25) is 0 Å². The van der Waals surface area contributed by atoms with Gasteiger partial charge in [-0.15, -0.1) is 0 Å². The molecule has 4 heteroatoms. The Hall–Kier alpha value is -0.770. The van der Waals surface area contributed by atoms with Gasteiger partial charge < -0.3 is 15.6 Å². The molecule has 0 aromatic rings. The number of rotatable bonds is 5. The predicted molar refractivity (Wildman–Crippen MR) is 41.1 cm³/mol. The van der Waals surface area contributed by atoms with Crippen LogP contribution in [0.25, 0.3) is 0 Å². The third-order valence-electron chi connectivity index (χ3n) is 1.37. The van der Waals surface area contributed by atoms with Crippen LogP contribution in [-0.4, -0.2) is 23.9 Å². The minimum atomic E-state index is -0.819. The molecule has 1 amide bonds. The summed E-state index contributed by atoms with van der Waals surface area (Å²) in [5, 5.41) is 8.67. The highest BCUT2D eigenvalue weighted by atomic mass is 16.6. The van der Waals surface area contributed by atoms with Crippen LogP contribution >= 0.6 is 0 Å². The van der Waals surface area contributed by atoms with Gasteiger partial charge in [0.15, 0.2) is 0 Å². The van der Waals surface area contributed by atoms with E-state index in [1.807, 2.05) is 6.92 Å². The third kappa shape index (κ3) is 5.66. The Bertz CT molecular complexity index is 116. The van der Waals surface area contributed by atoms with E-state index in [0.717, 1.165) is 12.8 Å². The number of carbonyl (C=O) groups excluding carboxylic acids is 1.